The monoisotopic (exact) mass is 253 g/mol. The van der Waals surface area contributed by atoms with Gasteiger partial charge in [-0.05, 0) is 31.0 Å². The maximum Gasteiger partial charge on any atom is 0.115 e. The van der Waals surface area contributed by atoms with Gasteiger partial charge < -0.3 is 0 Å². The third-order valence-corrected chi connectivity index (χ3v) is 3.78. The molecule has 0 unspecified atom stereocenters. The number of aromatic nitrogens is 2. The predicted molar refractivity (Wildman–Crippen MR) is 75.7 cm³/mol. The van der Waals surface area contributed by atoms with Gasteiger partial charge in [-0.1, -0.05) is 30.3 Å². The Labute approximate surface area is 114 Å². The van der Waals surface area contributed by atoms with E-state index in [-0.39, 0.29) is 0 Å². The van der Waals surface area contributed by atoms with E-state index in [1.807, 2.05) is 6.20 Å². The molecule has 0 bridgehead atoms. The highest BCUT2D eigenvalue weighted by Crippen LogP contribution is 2.25. The van der Waals surface area contributed by atoms with Gasteiger partial charge in [0.15, 0.2) is 0 Å². The Hall–Kier alpha value is -1.74. The summed E-state index contributed by atoms with van der Waals surface area (Å²) in [5.74, 6) is 0.556. The molecule has 3 heteroatoms. The molecule has 1 saturated heterocycles. The quantitative estimate of drug-likeness (QED) is 0.842. The Morgan fingerprint density at radius 3 is 2.84 bits per heavy atom. The predicted octanol–water partition coefficient (Wildman–Crippen LogP) is 2.86. The van der Waals surface area contributed by atoms with Gasteiger partial charge in [0, 0.05) is 30.9 Å². The first-order valence-corrected chi connectivity index (χ1v) is 6.94. The van der Waals surface area contributed by atoms with Crippen molar-refractivity contribution in [2.45, 2.75) is 25.3 Å². The highest BCUT2D eigenvalue weighted by Gasteiger charge is 2.22. The number of nitrogens with zero attached hydrogens (tertiary/aromatic N) is 3. The minimum Gasteiger partial charge on any atom is -0.298 e. The van der Waals surface area contributed by atoms with E-state index in [0.717, 1.165) is 13.1 Å². The van der Waals surface area contributed by atoms with E-state index in [2.05, 4.69) is 51.3 Å². The van der Waals surface area contributed by atoms with Crippen molar-refractivity contribution < 1.29 is 0 Å². The van der Waals surface area contributed by atoms with E-state index in [4.69, 9.17) is 0 Å². The number of hydrogen-bond acceptors (Lipinski definition) is 3. The van der Waals surface area contributed by atoms with Crippen LogP contribution in [0.2, 0.25) is 0 Å². The molecule has 1 atom stereocenters. The first kappa shape index (κ1) is 12.3. The lowest BCUT2D eigenvalue weighted by atomic mass is 9.94. The lowest BCUT2D eigenvalue weighted by molar-refractivity contribution is 0.198. The zero-order valence-corrected chi connectivity index (χ0v) is 11.1. The van der Waals surface area contributed by atoms with Gasteiger partial charge in [-0.2, -0.15) is 0 Å². The minimum absolute atomic E-state index is 0.556. The van der Waals surface area contributed by atoms with Gasteiger partial charge in [-0.3, -0.25) is 4.90 Å². The van der Waals surface area contributed by atoms with E-state index in [1.165, 1.54) is 30.6 Å². The van der Waals surface area contributed by atoms with E-state index >= 15 is 0 Å². The molecular weight excluding hydrogens is 234 g/mol. The van der Waals surface area contributed by atoms with Gasteiger partial charge in [0.1, 0.15) is 6.33 Å². The summed E-state index contributed by atoms with van der Waals surface area (Å²) in [5.41, 5.74) is 2.58. The van der Waals surface area contributed by atoms with Crippen molar-refractivity contribution >= 4 is 0 Å². The Morgan fingerprint density at radius 2 is 2.05 bits per heavy atom. The molecule has 19 heavy (non-hydrogen) atoms. The standard InChI is InChI=1S/C16H19N3/c1-2-5-14(6-3-1)11-19-10-4-7-15(12-19)16-8-9-17-13-18-16/h1-3,5-6,8-9,13,15H,4,7,10-12H2/t15-/m1/s1. The first-order valence-electron chi connectivity index (χ1n) is 6.94. The second-order valence-electron chi connectivity index (χ2n) is 5.19. The van der Waals surface area contributed by atoms with Crippen molar-refractivity contribution in [2.75, 3.05) is 13.1 Å². The summed E-state index contributed by atoms with van der Waals surface area (Å²) >= 11 is 0. The highest BCUT2D eigenvalue weighted by atomic mass is 15.1. The summed E-state index contributed by atoms with van der Waals surface area (Å²) in [6.45, 7) is 3.34. The van der Waals surface area contributed by atoms with Gasteiger partial charge in [-0.25, -0.2) is 9.97 Å². The summed E-state index contributed by atoms with van der Waals surface area (Å²) in [4.78, 5) is 10.9. The van der Waals surface area contributed by atoms with Gasteiger partial charge in [-0.15, -0.1) is 0 Å². The fraction of sp³-hybridized carbons (Fsp3) is 0.375. The van der Waals surface area contributed by atoms with Crippen LogP contribution in [0.5, 0.6) is 0 Å². The third kappa shape index (κ3) is 3.18. The Kier molecular flexibility index (Phi) is 3.84. The minimum atomic E-state index is 0.556. The molecule has 0 radical (unpaired) electrons. The van der Waals surface area contributed by atoms with Crippen LogP contribution in [0.3, 0.4) is 0 Å². The van der Waals surface area contributed by atoms with Gasteiger partial charge in [0.05, 0.1) is 0 Å². The van der Waals surface area contributed by atoms with Crippen LogP contribution in [0.1, 0.15) is 30.0 Å². The first-order chi connectivity index (χ1) is 9.42. The maximum atomic E-state index is 4.41. The summed E-state index contributed by atoms with van der Waals surface area (Å²) < 4.78 is 0. The molecule has 1 fully saturated rings. The topological polar surface area (TPSA) is 29.0 Å². The van der Waals surface area contributed by atoms with Crippen molar-refractivity contribution in [3.05, 3.63) is 60.2 Å². The van der Waals surface area contributed by atoms with Gasteiger partial charge in [0.2, 0.25) is 0 Å². The Morgan fingerprint density at radius 1 is 1.16 bits per heavy atom. The molecule has 98 valence electrons. The summed E-state index contributed by atoms with van der Waals surface area (Å²) in [6, 6.07) is 12.8. The normalized spacial score (nSPS) is 20.3. The molecule has 0 amide bonds. The average molecular weight is 253 g/mol. The van der Waals surface area contributed by atoms with Crippen LogP contribution < -0.4 is 0 Å². The van der Waals surface area contributed by atoms with Crippen LogP contribution in [0.25, 0.3) is 0 Å². The van der Waals surface area contributed by atoms with Gasteiger partial charge in [0.25, 0.3) is 0 Å². The molecule has 2 aromatic rings. The van der Waals surface area contributed by atoms with Crippen LogP contribution >= 0.6 is 0 Å². The molecule has 3 rings (SSSR count). The number of hydrogen-bond donors (Lipinski definition) is 0. The highest BCUT2D eigenvalue weighted by molar-refractivity contribution is 5.15. The fourth-order valence-corrected chi connectivity index (χ4v) is 2.82. The Bertz CT molecular complexity index is 498. The summed E-state index contributed by atoms with van der Waals surface area (Å²) in [7, 11) is 0. The molecular formula is C16H19N3. The molecule has 1 aromatic carbocycles. The molecule has 1 aliphatic rings. The average Bonchev–Trinajstić information content (AvgIpc) is 2.49. The zero-order valence-electron chi connectivity index (χ0n) is 11.1. The van der Waals surface area contributed by atoms with E-state index in [0.29, 0.717) is 5.92 Å². The smallest absolute Gasteiger partial charge is 0.115 e. The van der Waals surface area contributed by atoms with Crippen LogP contribution in [0.15, 0.2) is 48.9 Å². The van der Waals surface area contributed by atoms with Crippen LogP contribution in [-0.4, -0.2) is 28.0 Å². The summed E-state index contributed by atoms with van der Waals surface area (Å²) in [6.07, 6.45) is 5.99. The second-order valence-corrected chi connectivity index (χ2v) is 5.19. The lowest BCUT2D eigenvalue weighted by Gasteiger charge is -2.32. The Balaban J connectivity index is 1.65. The maximum absolute atomic E-state index is 4.41. The number of benzene rings is 1. The molecule has 0 N–H and O–H groups in total. The van der Waals surface area contributed by atoms with Crippen molar-refractivity contribution in [2.24, 2.45) is 0 Å². The third-order valence-electron chi connectivity index (χ3n) is 3.78. The van der Waals surface area contributed by atoms with Crippen molar-refractivity contribution in [1.29, 1.82) is 0 Å². The van der Waals surface area contributed by atoms with Crippen LogP contribution in [-0.2, 0) is 6.54 Å². The van der Waals surface area contributed by atoms with Crippen molar-refractivity contribution in [3.63, 3.8) is 0 Å². The number of likely N-dealkylation sites (tertiary alicyclic amines) is 1. The molecule has 2 heterocycles. The van der Waals surface area contributed by atoms with Gasteiger partial charge >= 0.3 is 0 Å². The van der Waals surface area contributed by atoms with Crippen molar-refractivity contribution in [3.8, 4) is 0 Å². The SMILES string of the molecule is c1ccc(CN2CCC[C@@H](c3ccncn3)C2)cc1. The van der Waals surface area contributed by atoms with E-state index in [1.54, 1.807) is 6.33 Å². The molecule has 1 aliphatic heterocycles. The fourth-order valence-electron chi connectivity index (χ4n) is 2.82. The largest absolute Gasteiger partial charge is 0.298 e. The number of piperidine rings is 1. The molecule has 3 nitrogen and oxygen atoms in total. The zero-order chi connectivity index (χ0) is 12.9. The summed E-state index contributed by atoms with van der Waals surface area (Å²) in [5, 5.41) is 0. The van der Waals surface area contributed by atoms with E-state index < -0.39 is 0 Å². The van der Waals surface area contributed by atoms with Crippen molar-refractivity contribution in [1.82, 2.24) is 14.9 Å². The molecule has 0 spiro atoms. The van der Waals surface area contributed by atoms with Crippen LogP contribution in [0.4, 0.5) is 0 Å². The van der Waals surface area contributed by atoms with Crippen LogP contribution in [0, 0.1) is 0 Å². The molecule has 0 saturated carbocycles. The molecule has 1 aromatic heterocycles. The lowest BCUT2D eigenvalue weighted by Crippen LogP contribution is -2.34. The second kappa shape index (κ2) is 5.93. The number of rotatable bonds is 3. The molecule has 0 aliphatic carbocycles. The van der Waals surface area contributed by atoms with E-state index in [9.17, 15) is 0 Å².